The molecule has 0 fully saturated rings. The molecule has 0 amide bonds. The number of hydrogen-bond donors (Lipinski definition) is 0. The maximum absolute atomic E-state index is 10.6. The van der Waals surface area contributed by atoms with E-state index in [4.69, 9.17) is 9.47 Å². The zero-order valence-electron chi connectivity index (χ0n) is 9.20. The lowest BCUT2D eigenvalue weighted by Gasteiger charge is -2.15. The summed E-state index contributed by atoms with van der Waals surface area (Å²) in [4.78, 5) is 21.1. The number of ether oxygens (including phenoxy) is 2. The van der Waals surface area contributed by atoms with E-state index >= 15 is 0 Å². The van der Waals surface area contributed by atoms with E-state index in [1.807, 2.05) is 13.8 Å². The molecule has 0 saturated carbocycles. The molecule has 0 N–H and O–H groups in total. The fourth-order valence-corrected chi connectivity index (χ4v) is 1.15. The number of rotatable bonds is 5. The van der Waals surface area contributed by atoms with Crippen LogP contribution in [0.25, 0.3) is 0 Å². The van der Waals surface area contributed by atoms with Crippen LogP contribution in [0.1, 0.15) is 40.5 Å². The molecule has 0 spiro atoms. The van der Waals surface area contributed by atoms with Gasteiger partial charge in [0.15, 0.2) is 0 Å². The van der Waals surface area contributed by atoms with Gasteiger partial charge >= 0.3 is 11.9 Å². The molecule has 0 aliphatic heterocycles. The summed E-state index contributed by atoms with van der Waals surface area (Å²) in [7, 11) is 0. The summed E-state index contributed by atoms with van der Waals surface area (Å²) >= 11 is 0. The summed E-state index contributed by atoms with van der Waals surface area (Å²) in [6, 6.07) is 0. The molecule has 0 unspecified atom stereocenters. The molecular weight excluding hydrogens is 184 g/mol. The first-order valence-electron chi connectivity index (χ1n) is 4.76. The smallest absolute Gasteiger partial charge is 0.302 e. The van der Waals surface area contributed by atoms with Crippen LogP contribution in [0.15, 0.2) is 0 Å². The second-order valence-corrected chi connectivity index (χ2v) is 3.42. The Bertz CT molecular complexity index is 178. The van der Waals surface area contributed by atoms with Gasteiger partial charge in [0.05, 0.1) is 12.2 Å². The van der Waals surface area contributed by atoms with E-state index in [9.17, 15) is 9.59 Å². The van der Waals surface area contributed by atoms with Gasteiger partial charge in [-0.15, -0.1) is 0 Å². The zero-order chi connectivity index (χ0) is 11.1. The van der Waals surface area contributed by atoms with Crippen molar-refractivity contribution in [3.05, 3.63) is 0 Å². The van der Waals surface area contributed by atoms with Crippen molar-refractivity contribution in [2.24, 2.45) is 0 Å². The Morgan fingerprint density at radius 1 is 0.929 bits per heavy atom. The maximum atomic E-state index is 10.6. The fourth-order valence-electron chi connectivity index (χ4n) is 1.15. The molecule has 0 aromatic carbocycles. The van der Waals surface area contributed by atoms with Crippen LogP contribution in [-0.2, 0) is 19.1 Å². The van der Waals surface area contributed by atoms with Gasteiger partial charge in [-0.3, -0.25) is 9.59 Å². The fraction of sp³-hybridized carbons (Fsp3) is 0.800. The highest BCUT2D eigenvalue weighted by Gasteiger charge is 2.10. The number of esters is 2. The number of carbonyl (C=O) groups excluding carboxylic acids is 2. The van der Waals surface area contributed by atoms with Crippen molar-refractivity contribution < 1.29 is 19.1 Å². The lowest BCUT2D eigenvalue weighted by molar-refractivity contribution is -0.149. The van der Waals surface area contributed by atoms with Gasteiger partial charge in [0.25, 0.3) is 0 Å². The Morgan fingerprint density at radius 2 is 1.21 bits per heavy atom. The zero-order valence-corrected chi connectivity index (χ0v) is 9.20. The van der Waals surface area contributed by atoms with Crippen LogP contribution >= 0.6 is 0 Å². The average Bonchev–Trinajstić information content (AvgIpc) is 1.98. The van der Waals surface area contributed by atoms with Gasteiger partial charge < -0.3 is 9.47 Å². The van der Waals surface area contributed by atoms with E-state index in [2.05, 4.69) is 0 Å². The number of carbonyl (C=O) groups is 2. The van der Waals surface area contributed by atoms with E-state index in [-0.39, 0.29) is 24.1 Å². The molecule has 0 aromatic rings. The minimum Gasteiger partial charge on any atom is -0.463 e. The first-order chi connectivity index (χ1) is 6.41. The normalized spacial score (nSPS) is 14.3. The molecule has 0 aliphatic rings. The van der Waals surface area contributed by atoms with Crippen LogP contribution in [0, 0.1) is 0 Å². The molecular formula is C10H18O4. The quantitative estimate of drug-likeness (QED) is 0.636. The highest BCUT2D eigenvalue weighted by atomic mass is 16.5. The SMILES string of the molecule is CC(=O)O[C@H](C)CC[C@@H](C)OC(C)=O. The third-order valence-corrected chi connectivity index (χ3v) is 1.71. The molecule has 0 aromatic heterocycles. The topological polar surface area (TPSA) is 52.6 Å². The van der Waals surface area contributed by atoms with Crippen molar-refractivity contribution in [3.8, 4) is 0 Å². The Kier molecular flexibility index (Phi) is 5.92. The highest BCUT2D eigenvalue weighted by Crippen LogP contribution is 2.07. The molecule has 4 heteroatoms. The van der Waals surface area contributed by atoms with Gasteiger partial charge in [-0.05, 0) is 26.7 Å². The molecule has 0 saturated heterocycles. The van der Waals surface area contributed by atoms with Gasteiger partial charge in [-0.25, -0.2) is 0 Å². The molecule has 0 rings (SSSR count). The standard InChI is InChI=1S/C10H18O4/c1-7(13-9(3)11)5-6-8(2)14-10(4)12/h7-8H,5-6H2,1-4H3/t7-,8-/m1/s1. The molecule has 82 valence electrons. The van der Waals surface area contributed by atoms with Crippen molar-refractivity contribution in [1.29, 1.82) is 0 Å². The van der Waals surface area contributed by atoms with Crippen LogP contribution in [0.3, 0.4) is 0 Å². The average molecular weight is 202 g/mol. The van der Waals surface area contributed by atoms with E-state index < -0.39 is 0 Å². The molecule has 0 aliphatic carbocycles. The van der Waals surface area contributed by atoms with Crippen LogP contribution in [0.5, 0.6) is 0 Å². The predicted molar refractivity (Wildman–Crippen MR) is 51.7 cm³/mol. The third kappa shape index (κ3) is 7.58. The van der Waals surface area contributed by atoms with Crippen molar-refractivity contribution in [1.82, 2.24) is 0 Å². The minimum absolute atomic E-state index is 0.120. The summed E-state index contributed by atoms with van der Waals surface area (Å²) in [5.41, 5.74) is 0. The maximum Gasteiger partial charge on any atom is 0.302 e. The number of hydrogen-bond acceptors (Lipinski definition) is 4. The largest absolute Gasteiger partial charge is 0.463 e. The lowest BCUT2D eigenvalue weighted by atomic mass is 10.1. The molecule has 2 atom stereocenters. The predicted octanol–water partition coefficient (Wildman–Crippen LogP) is 1.67. The van der Waals surface area contributed by atoms with Crippen LogP contribution < -0.4 is 0 Å². The first kappa shape index (κ1) is 12.9. The Morgan fingerprint density at radius 3 is 1.43 bits per heavy atom. The van der Waals surface area contributed by atoms with Gasteiger partial charge in [0.1, 0.15) is 0 Å². The summed E-state index contributed by atoms with van der Waals surface area (Å²) in [5.74, 6) is -0.560. The summed E-state index contributed by atoms with van der Waals surface area (Å²) in [5, 5.41) is 0. The molecule has 0 radical (unpaired) electrons. The van der Waals surface area contributed by atoms with Gasteiger partial charge in [-0.1, -0.05) is 0 Å². The Labute approximate surface area is 84.6 Å². The first-order valence-corrected chi connectivity index (χ1v) is 4.76. The monoisotopic (exact) mass is 202 g/mol. The summed E-state index contributed by atoms with van der Waals surface area (Å²) in [6.07, 6.45) is 1.17. The van der Waals surface area contributed by atoms with Crippen molar-refractivity contribution in [2.75, 3.05) is 0 Å². The summed E-state index contributed by atoms with van der Waals surface area (Å²) in [6.45, 7) is 6.40. The second kappa shape index (κ2) is 6.40. The Balaban J connectivity index is 3.60. The van der Waals surface area contributed by atoms with Gasteiger partial charge in [0.2, 0.25) is 0 Å². The summed E-state index contributed by atoms with van der Waals surface area (Å²) < 4.78 is 9.85. The van der Waals surface area contributed by atoms with Crippen LogP contribution in [-0.4, -0.2) is 24.1 Å². The van der Waals surface area contributed by atoms with E-state index in [0.717, 1.165) is 0 Å². The third-order valence-electron chi connectivity index (χ3n) is 1.71. The molecule has 14 heavy (non-hydrogen) atoms. The van der Waals surface area contributed by atoms with Gasteiger partial charge in [0, 0.05) is 13.8 Å². The van der Waals surface area contributed by atoms with E-state index in [1.54, 1.807) is 0 Å². The minimum atomic E-state index is -0.280. The second-order valence-electron chi connectivity index (χ2n) is 3.42. The van der Waals surface area contributed by atoms with Crippen molar-refractivity contribution in [2.45, 2.75) is 52.7 Å². The molecule has 4 nitrogen and oxygen atoms in total. The highest BCUT2D eigenvalue weighted by molar-refractivity contribution is 5.66. The van der Waals surface area contributed by atoms with Crippen molar-refractivity contribution >= 4 is 11.9 Å². The van der Waals surface area contributed by atoms with Crippen LogP contribution in [0.4, 0.5) is 0 Å². The molecule has 0 heterocycles. The van der Waals surface area contributed by atoms with Gasteiger partial charge in [-0.2, -0.15) is 0 Å². The van der Waals surface area contributed by atoms with E-state index in [1.165, 1.54) is 13.8 Å². The van der Waals surface area contributed by atoms with Crippen LogP contribution in [0.2, 0.25) is 0 Å². The molecule has 0 bridgehead atoms. The Hall–Kier alpha value is -1.06. The van der Waals surface area contributed by atoms with Crippen molar-refractivity contribution in [3.63, 3.8) is 0 Å². The lowest BCUT2D eigenvalue weighted by Crippen LogP contribution is -2.17. The van der Waals surface area contributed by atoms with E-state index in [0.29, 0.717) is 12.8 Å².